The normalized spacial score (nSPS) is 14.1. The highest BCUT2D eigenvalue weighted by Crippen LogP contribution is 1.98. The Hall–Kier alpha value is -0.340. The van der Waals surface area contributed by atoms with Gasteiger partial charge in [-0.2, -0.15) is 0 Å². The molecule has 1 N–H and O–H groups in total. The molecule has 0 fully saturated rings. The molecule has 0 spiro atoms. The highest BCUT2D eigenvalue weighted by atomic mass is 16.6. The van der Waals surface area contributed by atoms with E-state index in [9.17, 15) is 0 Å². The van der Waals surface area contributed by atoms with Gasteiger partial charge in [0.1, 0.15) is 0 Å². The molecule has 2 heteroatoms. The second kappa shape index (κ2) is 7.76. The number of ether oxygens (including phenoxy) is 1. The first kappa shape index (κ1) is 10.7. The van der Waals surface area contributed by atoms with E-state index in [2.05, 4.69) is 0 Å². The van der Waals surface area contributed by atoms with Gasteiger partial charge in [-0.15, -0.1) is 0 Å². The Labute approximate surface area is 68.9 Å². The van der Waals surface area contributed by atoms with E-state index in [0.717, 1.165) is 19.3 Å². The quantitative estimate of drug-likeness (QED) is 0.364. The highest BCUT2D eigenvalue weighted by molar-refractivity contribution is 4.75. The smallest absolute Gasteiger partial charge is 0.154 e. The molecule has 0 aliphatic carbocycles. The van der Waals surface area contributed by atoms with Crippen molar-refractivity contribution >= 4 is 0 Å². The van der Waals surface area contributed by atoms with E-state index in [-0.39, 0.29) is 0 Å². The summed E-state index contributed by atoms with van der Waals surface area (Å²) in [6.45, 7) is 4.62. The predicted molar refractivity (Wildman–Crippen MR) is 46.3 cm³/mol. The van der Waals surface area contributed by atoms with Gasteiger partial charge in [-0.1, -0.05) is 25.5 Å². The molecule has 66 valence electrons. The fourth-order valence-electron chi connectivity index (χ4n) is 0.769. The minimum atomic E-state index is -0.565. The van der Waals surface area contributed by atoms with E-state index in [1.54, 1.807) is 0 Å². The van der Waals surface area contributed by atoms with Gasteiger partial charge in [0.15, 0.2) is 6.29 Å². The van der Waals surface area contributed by atoms with Crippen molar-refractivity contribution in [3.05, 3.63) is 12.2 Å². The zero-order chi connectivity index (χ0) is 8.53. The molecular weight excluding hydrogens is 140 g/mol. The van der Waals surface area contributed by atoms with Gasteiger partial charge in [0.05, 0.1) is 6.61 Å². The molecule has 0 amide bonds. The lowest BCUT2D eigenvalue weighted by molar-refractivity contribution is -0.101. The molecule has 0 saturated heterocycles. The molecule has 0 rings (SSSR count). The Morgan fingerprint density at radius 1 is 1.55 bits per heavy atom. The van der Waals surface area contributed by atoms with Crippen LogP contribution in [0.3, 0.4) is 0 Å². The van der Waals surface area contributed by atoms with E-state index >= 15 is 0 Å². The van der Waals surface area contributed by atoms with Gasteiger partial charge in [-0.05, 0) is 19.8 Å². The van der Waals surface area contributed by atoms with Crippen molar-refractivity contribution in [2.75, 3.05) is 6.61 Å². The molecule has 1 unspecified atom stereocenters. The van der Waals surface area contributed by atoms with E-state index < -0.39 is 6.29 Å². The second-order valence-electron chi connectivity index (χ2n) is 2.47. The summed E-state index contributed by atoms with van der Waals surface area (Å²) in [5.74, 6) is 0. The monoisotopic (exact) mass is 158 g/mol. The molecule has 0 radical (unpaired) electrons. The lowest BCUT2D eigenvalue weighted by Crippen LogP contribution is -2.11. The molecule has 2 nitrogen and oxygen atoms in total. The number of aliphatic hydroxyl groups excluding tert-OH is 1. The predicted octanol–water partition coefficient (Wildman–Crippen LogP) is 2.09. The average molecular weight is 158 g/mol. The van der Waals surface area contributed by atoms with Crippen LogP contribution >= 0.6 is 0 Å². The lowest BCUT2D eigenvalue weighted by Gasteiger charge is -2.08. The SMILES string of the molecule is CC=CCCOC(O)CCC. The van der Waals surface area contributed by atoms with Crippen molar-refractivity contribution in [3.63, 3.8) is 0 Å². The van der Waals surface area contributed by atoms with Gasteiger partial charge in [-0.3, -0.25) is 0 Å². The molecule has 0 aliphatic rings. The number of hydrogen-bond acceptors (Lipinski definition) is 2. The fourth-order valence-corrected chi connectivity index (χ4v) is 0.769. The summed E-state index contributed by atoms with van der Waals surface area (Å²) >= 11 is 0. The lowest BCUT2D eigenvalue weighted by atomic mass is 10.3. The summed E-state index contributed by atoms with van der Waals surface area (Å²) in [5, 5.41) is 9.10. The van der Waals surface area contributed by atoms with Gasteiger partial charge in [0, 0.05) is 0 Å². The van der Waals surface area contributed by atoms with E-state index in [0.29, 0.717) is 6.61 Å². The molecule has 0 aromatic carbocycles. The Balaban J connectivity index is 3.10. The van der Waals surface area contributed by atoms with Gasteiger partial charge < -0.3 is 9.84 Å². The molecule has 0 aromatic rings. The third kappa shape index (κ3) is 7.56. The Morgan fingerprint density at radius 2 is 2.27 bits per heavy atom. The Morgan fingerprint density at radius 3 is 2.82 bits per heavy atom. The van der Waals surface area contributed by atoms with Gasteiger partial charge in [0.25, 0.3) is 0 Å². The van der Waals surface area contributed by atoms with Crippen LogP contribution < -0.4 is 0 Å². The summed E-state index contributed by atoms with van der Waals surface area (Å²) in [5.41, 5.74) is 0. The number of rotatable bonds is 6. The molecule has 0 aliphatic heterocycles. The molecule has 0 aromatic heterocycles. The molecular formula is C9H18O2. The fraction of sp³-hybridized carbons (Fsp3) is 0.778. The third-order valence-electron chi connectivity index (χ3n) is 1.37. The molecule has 0 saturated carbocycles. The summed E-state index contributed by atoms with van der Waals surface area (Å²) < 4.78 is 5.09. The van der Waals surface area contributed by atoms with Crippen molar-refractivity contribution in [3.8, 4) is 0 Å². The number of hydrogen-bond donors (Lipinski definition) is 1. The maximum Gasteiger partial charge on any atom is 0.154 e. The number of allylic oxidation sites excluding steroid dienone is 1. The van der Waals surface area contributed by atoms with Crippen LogP contribution in [0.1, 0.15) is 33.1 Å². The van der Waals surface area contributed by atoms with Crippen molar-refractivity contribution in [2.45, 2.75) is 39.4 Å². The van der Waals surface area contributed by atoms with Crippen LogP contribution in [0.2, 0.25) is 0 Å². The van der Waals surface area contributed by atoms with E-state index in [1.165, 1.54) is 0 Å². The zero-order valence-corrected chi connectivity index (χ0v) is 7.42. The first-order valence-electron chi connectivity index (χ1n) is 4.22. The summed E-state index contributed by atoms with van der Waals surface area (Å²) in [7, 11) is 0. The summed E-state index contributed by atoms with van der Waals surface area (Å²) in [4.78, 5) is 0. The zero-order valence-electron chi connectivity index (χ0n) is 7.42. The standard InChI is InChI=1S/C9H18O2/c1-3-5-6-8-11-9(10)7-4-2/h3,5,9-10H,4,6-8H2,1-2H3. The van der Waals surface area contributed by atoms with Crippen LogP contribution in [-0.4, -0.2) is 18.0 Å². The summed E-state index contributed by atoms with van der Waals surface area (Å²) in [6, 6.07) is 0. The van der Waals surface area contributed by atoms with Crippen LogP contribution in [0.5, 0.6) is 0 Å². The first-order chi connectivity index (χ1) is 5.31. The second-order valence-corrected chi connectivity index (χ2v) is 2.47. The third-order valence-corrected chi connectivity index (χ3v) is 1.37. The Bertz CT molecular complexity index is 99.7. The van der Waals surface area contributed by atoms with Crippen molar-refractivity contribution in [1.29, 1.82) is 0 Å². The van der Waals surface area contributed by atoms with Crippen LogP contribution in [0.4, 0.5) is 0 Å². The average Bonchev–Trinajstić information content (AvgIpc) is 1.99. The largest absolute Gasteiger partial charge is 0.368 e. The maximum atomic E-state index is 9.10. The molecule has 0 bridgehead atoms. The van der Waals surface area contributed by atoms with Crippen molar-refractivity contribution in [1.82, 2.24) is 0 Å². The van der Waals surface area contributed by atoms with Crippen LogP contribution in [0.25, 0.3) is 0 Å². The van der Waals surface area contributed by atoms with Crippen LogP contribution in [-0.2, 0) is 4.74 Å². The van der Waals surface area contributed by atoms with Gasteiger partial charge >= 0.3 is 0 Å². The molecule has 1 atom stereocenters. The topological polar surface area (TPSA) is 29.5 Å². The van der Waals surface area contributed by atoms with Crippen molar-refractivity contribution in [2.24, 2.45) is 0 Å². The summed E-state index contributed by atoms with van der Waals surface area (Å²) in [6.07, 6.45) is 6.02. The minimum Gasteiger partial charge on any atom is -0.368 e. The van der Waals surface area contributed by atoms with Crippen molar-refractivity contribution < 1.29 is 9.84 Å². The minimum absolute atomic E-state index is 0.565. The first-order valence-corrected chi connectivity index (χ1v) is 4.22. The van der Waals surface area contributed by atoms with E-state index in [4.69, 9.17) is 9.84 Å². The van der Waals surface area contributed by atoms with Gasteiger partial charge in [0.2, 0.25) is 0 Å². The maximum absolute atomic E-state index is 9.10. The van der Waals surface area contributed by atoms with Crippen LogP contribution in [0.15, 0.2) is 12.2 Å². The molecule has 11 heavy (non-hydrogen) atoms. The Kier molecular flexibility index (Phi) is 7.52. The van der Waals surface area contributed by atoms with E-state index in [1.807, 2.05) is 26.0 Å². The number of aliphatic hydroxyl groups is 1. The van der Waals surface area contributed by atoms with Crippen LogP contribution in [0, 0.1) is 0 Å². The van der Waals surface area contributed by atoms with Gasteiger partial charge in [-0.25, -0.2) is 0 Å². The highest BCUT2D eigenvalue weighted by Gasteiger charge is 1.99. The molecule has 0 heterocycles.